The van der Waals surface area contributed by atoms with E-state index in [1.54, 1.807) is 0 Å². The van der Waals surface area contributed by atoms with Crippen molar-refractivity contribution in [3.8, 4) is 0 Å². The van der Waals surface area contributed by atoms with Crippen molar-refractivity contribution in [2.75, 3.05) is 0 Å². The Balaban J connectivity index is 2.68. The monoisotopic (exact) mass is 146 g/mol. The average molecular weight is 147 g/mol. The Hall–Kier alpha value is -0.370. The fourth-order valence-electron chi connectivity index (χ4n) is 0.918. The van der Waals surface area contributed by atoms with E-state index < -0.39 is 10.7 Å². The first-order valence-corrected chi connectivity index (χ1v) is 3.25. The molecule has 3 heteroatoms. The van der Waals surface area contributed by atoms with Crippen LogP contribution in [0.2, 0.25) is 0 Å². The van der Waals surface area contributed by atoms with E-state index in [2.05, 4.69) is 0 Å². The smallest absolute Gasteiger partial charge is 0.234 e. The minimum atomic E-state index is -0.790. The van der Waals surface area contributed by atoms with E-state index in [0.717, 1.165) is 6.42 Å². The van der Waals surface area contributed by atoms with Crippen LogP contribution in [0.25, 0.3) is 0 Å². The molecular formula is C6H7ClO2. The molecule has 50 valence electrons. The van der Waals surface area contributed by atoms with Gasteiger partial charge in [0.1, 0.15) is 6.29 Å². The number of halogens is 1. The lowest BCUT2D eigenvalue weighted by molar-refractivity contribution is -0.133. The minimum absolute atomic E-state index is 0.497. The third-order valence-corrected chi connectivity index (χ3v) is 2.24. The Kier molecular flexibility index (Phi) is 1.58. The topological polar surface area (TPSA) is 34.1 Å². The highest BCUT2D eigenvalue weighted by molar-refractivity contribution is 6.66. The summed E-state index contributed by atoms with van der Waals surface area (Å²) in [7, 11) is 0. The second-order valence-electron chi connectivity index (χ2n) is 2.40. The van der Waals surface area contributed by atoms with Gasteiger partial charge in [-0.05, 0) is 24.4 Å². The van der Waals surface area contributed by atoms with E-state index >= 15 is 0 Å². The quantitative estimate of drug-likeness (QED) is 0.332. The Morgan fingerprint density at radius 1 is 1.56 bits per heavy atom. The molecular weight excluding hydrogens is 140 g/mol. The van der Waals surface area contributed by atoms with Crippen LogP contribution in [0.4, 0.5) is 0 Å². The molecule has 2 nitrogen and oxygen atoms in total. The van der Waals surface area contributed by atoms with Crippen molar-refractivity contribution in [1.29, 1.82) is 0 Å². The zero-order valence-electron chi connectivity index (χ0n) is 4.89. The lowest BCUT2D eigenvalue weighted by atomic mass is 9.71. The summed E-state index contributed by atoms with van der Waals surface area (Å²) in [4.78, 5) is 20.8. The van der Waals surface area contributed by atoms with Crippen LogP contribution < -0.4 is 0 Å². The van der Waals surface area contributed by atoms with Gasteiger partial charge in [-0.1, -0.05) is 6.42 Å². The van der Waals surface area contributed by atoms with Gasteiger partial charge in [0.25, 0.3) is 0 Å². The molecule has 0 spiro atoms. The molecule has 0 amide bonds. The zero-order chi connectivity index (χ0) is 6.91. The SMILES string of the molecule is O=CC1(C(=O)Cl)CCC1. The lowest BCUT2D eigenvalue weighted by Gasteiger charge is -2.32. The highest BCUT2D eigenvalue weighted by Crippen LogP contribution is 2.40. The second kappa shape index (κ2) is 2.10. The molecule has 1 aliphatic carbocycles. The standard InChI is InChI=1S/C6H7ClO2/c7-5(9)6(4-8)2-1-3-6/h4H,1-3H2. The molecule has 0 heterocycles. The maximum absolute atomic E-state index is 10.5. The van der Waals surface area contributed by atoms with E-state index in [1.807, 2.05) is 0 Å². The van der Waals surface area contributed by atoms with Crippen LogP contribution >= 0.6 is 11.6 Å². The van der Waals surface area contributed by atoms with Gasteiger partial charge in [0.15, 0.2) is 0 Å². The van der Waals surface area contributed by atoms with Crippen molar-refractivity contribution < 1.29 is 9.59 Å². The third-order valence-electron chi connectivity index (χ3n) is 1.86. The van der Waals surface area contributed by atoms with Crippen LogP contribution in [0.3, 0.4) is 0 Å². The van der Waals surface area contributed by atoms with Gasteiger partial charge in [-0.2, -0.15) is 0 Å². The third kappa shape index (κ3) is 0.874. The number of hydrogen-bond acceptors (Lipinski definition) is 2. The van der Waals surface area contributed by atoms with Crippen LogP contribution in [-0.2, 0) is 9.59 Å². The molecule has 1 saturated carbocycles. The Bertz CT molecular complexity index is 149. The molecule has 0 saturated heterocycles. The van der Waals surface area contributed by atoms with Crippen molar-refractivity contribution in [3.05, 3.63) is 0 Å². The second-order valence-corrected chi connectivity index (χ2v) is 2.74. The van der Waals surface area contributed by atoms with E-state index in [-0.39, 0.29) is 0 Å². The van der Waals surface area contributed by atoms with Crippen LogP contribution in [-0.4, -0.2) is 11.5 Å². The van der Waals surface area contributed by atoms with Crippen molar-refractivity contribution in [2.45, 2.75) is 19.3 Å². The Morgan fingerprint density at radius 3 is 2.11 bits per heavy atom. The van der Waals surface area contributed by atoms with Crippen molar-refractivity contribution >= 4 is 23.1 Å². The largest absolute Gasteiger partial charge is 0.302 e. The molecule has 0 unspecified atom stereocenters. The number of hydrogen-bond donors (Lipinski definition) is 0. The van der Waals surface area contributed by atoms with E-state index in [9.17, 15) is 9.59 Å². The number of aldehydes is 1. The number of carbonyl (C=O) groups is 2. The van der Waals surface area contributed by atoms with Crippen LogP contribution in [0.15, 0.2) is 0 Å². The van der Waals surface area contributed by atoms with Gasteiger partial charge in [-0.25, -0.2) is 0 Å². The fraction of sp³-hybridized carbons (Fsp3) is 0.667. The molecule has 0 radical (unpaired) electrons. The van der Waals surface area contributed by atoms with Crippen LogP contribution in [0.1, 0.15) is 19.3 Å². The molecule has 9 heavy (non-hydrogen) atoms. The first-order chi connectivity index (χ1) is 4.21. The van der Waals surface area contributed by atoms with Crippen LogP contribution in [0.5, 0.6) is 0 Å². The molecule has 0 aromatic rings. The van der Waals surface area contributed by atoms with E-state index in [1.165, 1.54) is 0 Å². The summed E-state index contributed by atoms with van der Waals surface area (Å²) in [6.07, 6.45) is 2.89. The summed E-state index contributed by atoms with van der Waals surface area (Å²) in [5.74, 6) is 0. The average Bonchev–Trinajstić information content (AvgIpc) is 1.62. The van der Waals surface area contributed by atoms with Gasteiger partial charge in [0, 0.05) is 0 Å². The fourth-order valence-corrected chi connectivity index (χ4v) is 1.15. The highest BCUT2D eigenvalue weighted by Gasteiger charge is 2.42. The molecule has 1 aliphatic rings. The molecule has 1 rings (SSSR count). The maximum atomic E-state index is 10.5. The summed E-state index contributed by atoms with van der Waals surface area (Å²) in [5.41, 5.74) is -0.790. The molecule has 0 N–H and O–H groups in total. The molecule has 1 fully saturated rings. The first-order valence-electron chi connectivity index (χ1n) is 2.87. The summed E-state index contributed by atoms with van der Waals surface area (Å²) in [5, 5.41) is -0.497. The molecule has 0 aromatic heterocycles. The molecule has 0 aromatic carbocycles. The minimum Gasteiger partial charge on any atom is -0.302 e. The molecule has 0 aliphatic heterocycles. The van der Waals surface area contributed by atoms with Gasteiger partial charge >= 0.3 is 0 Å². The Morgan fingerprint density at radius 2 is 2.11 bits per heavy atom. The van der Waals surface area contributed by atoms with E-state index in [0.29, 0.717) is 19.1 Å². The van der Waals surface area contributed by atoms with Crippen molar-refractivity contribution in [1.82, 2.24) is 0 Å². The summed E-state index contributed by atoms with van der Waals surface area (Å²) in [6, 6.07) is 0. The normalized spacial score (nSPS) is 22.3. The van der Waals surface area contributed by atoms with Crippen molar-refractivity contribution in [3.63, 3.8) is 0 Å². The number of carbonyl (C=O) groups excluding carboxylic acids is 2. The summed E-state index contributed by atoms with van der Waals surface area (Å²) < 4.78 is 0. The maximum Gasteiger partial charge on any atom is 0.234 e. The van der Waals surface area contributed by atoms with E-state index in [4.69, 9.17) is 11.6 Å². The van der Waals surface area contributed by atoms with Crippen LogP contribution in [0, 0.1) is 5.41 Å². The lowest BCUT2D eigenvalue weighted by Crippen LogP contribution is -2.36. The predicted molar refractivity (Wildman–Crippen MR) is 33.2 cm³/mol. The van der Waals surface area contributed by atoms with Gasteiger partial charge < -0.3 is 4.79 Å². The zero-order valence-corrected chi connectivity index (χ0v) is 5.65. The van der Waals surface area contributed by atoms with Gasteiger partial charge in [0.05, 0.1) is 5.41 Å². The summed E-state index contributed by atoms with van der Waals surface area (Å²) >= 11 is 5.17. The van der Waals surface area contributed by atoms with Gasteiger partial charge in [-0.15, -0.1) is 0 Å². The summed E-state index contributed by atoms with van der Waals surface area (Å²) in [6.45, 7) is 0. The van der Waals surface area contributed by atoms with Gasteiger partial charge in [-0.3, -0.25) is 4.79 Å². The van der Waals surface area contributed by atoms with Gasteiger partial charge in [0.2, 0.25) is 5.24 Å². The highest BCUT2D eigenvalue weighted by atomic mass is 35.5. The molecule has 0 bridgehead atoms. The predicted octanol–water partition coefficient (Wildman–Crippen LogP) is 1.12. The Labute approximate surface area is 58.2 Å². The number of rotatable bonds is 2. The molecule has 0 atom stereocenters. The van der Waals surface area contributed by atoms with Crippen molar-refractivity contribution in [2.24, 2.45) is 5.41 Å². The first kappa shape index (κ1) is 6.75.